The molecule has 0 bridgehead atoms. The van der Waals surface area contributed by atoms with Crippen LogP contribution in [0.1, 0.15) is 27.4 Å². The molecule has 0 saturated heterocycles. The molecule has 0 N–H and O–H groups in total. The van der Waals surface area contributed by atoms with Crippen molar-refractivity contribution in [2.45, 2.75) is 20.4 Å². The molecule has 4 nitrogen and oxygen atoms in total. The quantitative estimate of drug-likeness (QED) is 0.864. The monoisotopic (exact) mass is 312 g/mol. The molecule has 1 heterocycles. The van der Waals surface area contributed by atoms with Gasteiger partial charge < -0.3 is 9.42 Å². The van der Waals surface area contributed by atoms with Crippen molar-refractivity contribution in [2.24, 2.45) is 0 Å². The van der Waals surface area contributed by atoms with E-state index in [1.165, 1.54) is 0 Å². The third kappa shape index (κ3) is 2.97. The number of aromatic nitrogens is 1. The van der Waals surface area contributed by atoms with Crippen molar-refractivity contribution in [3.8, 4) is 0 Å². The summed E-state index contributed by atoms with van der Waals surface area (Å²) >= 11 is 11.8. The molecule has 1 amide bonds. The molecular formula is C14H14Cl2N2O2. The maximum atomic E-state index is 12.3. The van der Waals surface area contributed by atoms with Gasteiger partial charge in [-0.3, -0.25) is 4.79 Å². The van der Waals surface area contributed by atoms with Crippen molar-refractivity contribution < 1.29 is 9.32 Å². The highest BCUT2D eigenvalue weighted by molar-refractivity contribution is 6.42. The summed E-state index contributed by atoms with van der Waals surface area (Å²) in [5.74, 6) is 0.583. The second-order valence-electron chi connectivity index (χ2n) is 4.59. The van der Waals surface area contributed by atoms with Gasteiger partial charge in [0.1, 0.15) is 5.76 Å². The number of hydrogen-bond acceptors (Lipinski definition) is 3. The first-order chi connectivity index (χ1) is 9.40. The van der Waals surface area contributed by atoms with Gasteiger partial charge in [-0.2, -0.15) is 0 Å². The van der Waals surface area contributed by atoms with Crippen LogP contribution in [0.3, 0.4) is 0 Å². The molecule has 0 aliphatic heterocycles. The fraction of sp³-hybridized carbons (Fsp3) is 0.286. The highest BCUT2D eigenvalue weighted by atomic mass is 35.5. The zero-order chi connectivity index (χ0) is 14.9. The lowest BCUT2D eigenvalue weighted by Crippen LogP contribution is -2.26. The van der Waals surface area contributed by atoms with E-state index in [4.69, 9.17) is 27.7 Å². The SMILES string of the molecule is Cc1noc(C)c1CN(C)C(=O)c1ccc(Cl)c(Cl)c1. The third-order valence-corrected chi connectivity index (χ3v) is 3.83. The number of nitrogens with zero attached hydrogens (tertiary/aromatic N) is 2. The van der Waals surface area contributed by atoms with Crippen LogP contribution in [0.15, 0.2) is 22.7 Å². The smallest absolute Gasteiger partial charge is 0.253 e. The lowest BCUT2D eigenvalue weighted by molar-refractivity contribution is 0.0784. The maximum Gasteiger partial charge on any atom is 0.253 e. The van der Waals surface area contributed by atoms with Gasteiger partial charge >= 0.3 is 0 Å². The van der Waals surface area contributed by atoms with Crippen LogP contribution in [0.5, 0.6) is 0 Å². The van der Waals surface area contributed by atoms with Crippen LogP contribution < -0.4 is 0 Å². The molecular weight excluding hydrogens is 299 g/mol. The van der Waals surface area contributed by atoms with E-state index in [1.807, 2.05) is 13.8 Å². The van der Waals surface area contributed by atoms with Gasteiger partial charge in [0.25, 0.3) is 5.91 Å². The largest absolute Gasteiger partial charge is 0.361 e. The number of carbonyl (C=O) groups excluding carboxylic acids is 1. The van der Waals surface area contributed by atoms with Gasteiger partial charge in [0.15, 0.2) is 0 Å². The average molecular weight is 313 g/mol. The molecule has 1 aromatic heterocycles. The van der Waals surface area contributed by atoms with Crippen LogP contribution in [-0.4, -0.2) is 23.0 Å². The Morgan fingerprint density at radius 1 is 1.30 bits per heavy atom. The number of aryl methyl sites for hydroxylation is 2. The molecule has 0 aliphatic rings. The van der Waals surface area contributed by atoms with Crippen LogP contribution >= 0.6 is 23.2 Å². The summed E-state index contributed by atoms with van der Waals surface area (Å²) in [6.45, 7) is 4.11. The summed E-state index contributed by atoms with van der Waals surface area (Å²) in [5, 5.41) is 4.67. The second-order valence-corrected chi connectivity index (χ2v) is 5.41. The summed E-state index contributed by atoms with van der Waals surface area (Å²) in [6, 6.07) is 4.83. The summed E-state index contributed by atoms with van der Waals surface area (Å²) < 4.78 is 5.09. The van der Waals surface area contributed by atoms with Crippen LogP contribution in [0.2, 0.25) is 10.0 Å². The number of benzene rings is 1. The molecule has 0 saturated carbocycles. The molecule has 2 aromatic rings. The molecule has 0 aliphatic carbocycles. The Labute approximate surface area is 127 Å². The van der Waals surface area contributed by atoms with E-state index in [2.05, 4.69) is 5.16 Å². The van der Waals surface area contributed by atoms with E-state index >= 15 is 0 Å². The van der Waals surface area contributed by atoms with Crippen molar-refractivity contribution in [2.75, 3.05) is 7.05 Å². The highest BCUT2D eigenvalue weighted by Crippen LogP contribution is 2.23. The van der Waals surface area contributed by atoms with E-state index in [0.29, 0.717) is 22.2 Å². The minimum atomic E-state index is -0.136. The van der Waals surface area contributed by atoms with E-state index in [9.17, 15) is 4.79 Å². The zero-order valence-corrected chi connectivity index (χ0v) is 12.9. The van der Waals surface area contributed by atoms with E-state index in [1.54, 1.807) is 30.1 Å². The molecule has 0 atom stereocenters. The molecule has 0 spiro atoms. The predicted octanol–water partition coefficient (Wildman–Crippen LogP) is 3.87. The van der Waals surface area contributed by atoms with Gasteiger partial charge in [0, 0.05) is 18.2 Å². The Morgan fingerprint density at radius 2 is 2.00 bits per heavy atom. The first-order valence-corrected chi connectivity index (χ1v) is 6.78. The minimum Gasteiger partial charge on any atom is -0.361 e. The normalized spacial score (nSPS) is 10.7. The lowest BCUT2D eigenvalue weighted by Gasteiger charge is -2.17. The first-order valence-electron chi connectivity index (χ1n) is 6.02. The van der Waals surface area contributed by atoms with Gasteiger partial charge in [0.2, 0.25) is 0 Å². The highest BCUT2D eigenvalue weighted by Gasteiger charge is 2.17. The number of carbonyl (C=O) groups is 1. The fourth-order valence-electron chi connectivity index (χ4n) is 1.89. The van der Waals surface area contributed by atoms with Gasteiger partial charge in [-0.25, -0.2) is 0 Å². The van der Waals surface area contributed by atoms with Gasteiger partial charge in [-0.05, 0) is 32.0 Å². The van der Waals surface area contributed by atoms with Crippen molar-refractivity contribution >= 4 is 29.1 Å². The molecule has 106 valence electrons. The summed E-state index contributed by atoms with van der Waals surface area (Å²) in [5.41, 5.74) is 2.20. The molecule has 0 radical (unpaired) electrons. The Morgan fingerprint density at radius 3 is 2.55 bits per heavy atom. The maximum absolute atomic E-state index is 12.3. The molecule has 1 aromatic carbocycles. The Hall–Kier alpha value is -1.52. The topological polar surface area (TPSA) is 46.3 Å². The fourth-order valence-corrected chi connectivity index (χ4v) is 2.18. The summed E-state index contributed by atoms with van der Waals surface area (Å²) in [7, 11) is 1.72. The number of rotatable bonds is 3. The van der Waals surface area contributed by atoms with Gasteiger partial charge in [-0.15, -0.1) is 0 Å². The molecule has 2 rings (SSSR count). The number of halogens is 2. The van der Waals surface area contributed by atoms with E-state index in [-0.39, 0.29) is 5.91 Å². The van der Waals surface area contributed by atoms with Crippen LogP contribution in [0, 0.1) is 13.8 Å². The van der Waals surface area contributed by atoms with Crippen molar-refractivity contribution in [1.29, 1.82) is 0 Å². The van der Waals surface area contributed by atoms with Crippen molar-refractivity contribution in [3.63, 3.8) is 0 Å². The van der Waals surface area contributed by atoms with Crippen molar-refractivity contribution in [3.05, 3.63) is 50.8 Å². The van der Waals surface area contributed by atoms with Crippen LogP contribution in [-0.2, 0) is 6.54 Å². The van der Waals surface area contributed by atoms with Crippen molar-refractivity contribution in [1.82, 2.24) is 10.1 Å². The van der Waals surface area contributed by atoms with Crippen LogP contribution in [0.4, 0.5) is 0 Å². The Kier molecular flexibility index (Phi) is 4.35. The first kappa shape index (κ1) is 14.9. The van der Waals surface area contributed by atoms with E-state index < -0.39 is 0 Å². The molecule has 0 unspecified atom stereocenters. The molecule has 6 heteroatoms. The lowest BCUT2D eigenvalue weighted by atomic mass is 10.1. The number of amides is 1. The standard InChI is InChI=1S/C14H14Cl2N2O2/c1-8-11(9(2)20-17-8)7-18(3)14(19)10-4-5-12(15)13(16)6-10/h4-6H,7H2,1-3H3. The van der Waals surface area contributed by atoms with Gasteiger partial charge in [0.05, 0.1) is 22.3 Å². The molecule has 20 heavy (non-hydrogen) atoms. The second kappa shape index (κ2) is 5.85. The summed E-state index contributed by atoms with van der Waals surface area (Å²) in [6.07, 6.45) is 0. The Bertz CT molecular complexity index is 633. The van der Waals surface area contributed by atoms with E-state index in [0.717, 1.165) is 17.0 Å². The Balaban J connectivity index is 2.18. The molecule has 0 fully saturated rings. The van der Waals surface area contributed by atoms with Gasteiger partial charge in [-0.1, -0.05) is 28.4 Å². The summed E-state index contributed by atoms with van der Waals surface area (Å²) in [4.78, 5) is 13.9. The predicted molar refractivity (Wildman–Crippen MR) is 78.2 cm³/mol. The third-order valence-electron chi connectivity index (χ3n) is 3.09. The minimum absolute atomic E-state index is 0.136. The zero-order valence-electron chi connectivity index (χ0n) is 11.4. The number of hydrogen-bond donors (Lipinski definition) is 0. The van der Waals surface area contributed by atoms with Crippen LogP contribution in [0.25, 0.3) is 0 Å². The average Bonchev–Trinajstić information content (AvgIpc) is 2.72.